The minimum absolute atomic E-state index is 0.0185. The smallest absolute Gasteiger partial charge is 0.305 e. The quantitative estimate of drug-likeness (QED) is 0.356. The van der Waals surface area contributed by atoms with Crippen molar-refractivity contribution in [2.24, 2.45) is 11.3 Å². The topological polar surface area (TPSA) is 92.6 Å². The number of carbonyl (C=O) groups excluding carboxylic acids is 2. The fourth-order valence-electron chi connectivity index (χ4n) is 5.91. The molecule has 1 N–H and O–H groups in total. The number of nitrogens with zero attached hydrogens (tertiary/aromatic N) is 3. The van der Waals surface area contributed by atoms with Crippen LogP contribution in [0, 0.1) is 11.3 Å². The van der Waals surface area contributed by atoms with Crippen molar-refractivity contribution in [2.45, 2.75) is 63.7 Å². The van der Waals surface area contributed by atoms with Crippen LogP contribution in [0.5, 0.6) is 0 Å². The molecule has 0 unspecified atom stereocenters. The molecular weight excluding hydrogens is 501 g/mol. The van der Waals surface area contributed by atoms with Crippen molar-refractivity contribution >= 4 is 40.8 Å². The van der Waals surface area contributed by atoms with Crippen molar-refractivity contribution in [1.82, 2.24) is 9.97 Å². The molecule has 1 aromatic carbocycles. The summed E-state index contributed by atoms with van der Waals surface area (Å²) in [5.41, 5.74) is 2.37. The van der Waals surface area contributed by atoms with E-state index in [0.717, 1.165) is 25.7 Å². The van der Waals surface area contributed by atoms with Gasteiger partial charge in [0.1, 0.15) is 22.2 Å². The Hall–Kier alpha value is -2.22. The molecule has 2 fully saturated rings. The minimum Gasteiger partial charge on any atom is -0.469 e. The number of halogens is 2. The van der Waals surface area contributed by atoms with Crippen LogP contribution in [0.3, 0.4) is 0 Å². The fourth-order valence-corrected chi connectivity index (χ4v) is 6.38. The number of aliphatic hydroxyl groups excluding tert-OH is 1. The lowest BCUT2D eigenvalue weighted by atomic mass is 9.60. The third kappa shape index (κ3) is 6.01. The number of rotatable bonds is 7. The van der Waals surface area contributed by atoms with Crippen molar-refractivity contribution < 1.29 is 19.4 Å². The van der Waals surface area contributed by atoms with Crippen molar-refractivity contribution in [1.29, 1.82) is 0 Å². The van der Waals surface area contributed by atoms with E-state index in [-0.39, 0.29) is 35.0 Å². The molecular formula is C27H33Cl2N3O4. The Labute approximate surface area is 222 Å². The van der Waals surface area contributed by atoms with E-state index in [0.29, 0.717) is 29.4 Å². The molecule has 0 aliphatic heterocycles. The fraction of sp³-hybridized carbons (Fsp3) is 0.556. The number of aliphatic hydroxyl groups is 1. The largest absolute Gasteiger partial charge is 0.469 e. The first-order valence-corrected chi connectivity index (χ1v) is 13.4. The summed E-state index contributed by atoms with van der Waals surface area (Å²) in [5, 5.41) is 9.53. The maximum atomic E-state index is 13.2. The Morgan fingerprint density at radius 2 is 1.61 bits per heavy atom. The number of aromatic nitrogens is 2. The van der Waals surface area contributed by atoms with Gasteiger partial charge < -0.3 is 14.7 Å². The molecule has 1 amide bonds. The van der Waals surface area contributed by atoms with Gasteiger partial charge in [0.05, 0.1) is 13.7 Å². The molecule has 4 rings (SSSR count). The van der Waals surface area contributed by atoms with Crippen LogP contribution in [0.15, 0.2) is 30.6 Å². The monoisotopic (exact) mass is 533 g/mol. The van der Waals surface area contributed by atoms with E-state index in [1.54, 1.807) is 0 Å². The van der Waals surface area contributed by atoms with Crippen LogP contribution >= 0.6 is 23.2 Å². The SMILES string of the molecule is COC(=O)CC1CCC2(CC1)CCC(c1ccc(N(CCO)C(=O)c3c(Cl)ncnc3Cl)cc1)CC2. The summed E-state index contributed by atoms with van der Waals surface area (Å²) < 4.78 is 4.85. The number of methoxy groups -OCH3 is 1. The second kappa shape index (κ2) is 11.9. The summed E-state index contributed by atoms with van der Waals surface area (Å²) in [6.07, 6.45) is 11.1. The Bertz CT molecular complexity index is 1040. The number of ether oxygens (including phenoxy) is 1. The molecule has 9 heteroatoms. The highest BCUT2D eigenvalue weighted by molar-refractivity contribution is 6.39. The molecule has 2 aromatic rings. The zero-order valence-electron chi connectivity index (χ0n) is 20.6. The van der Waals surface area contributed by atoms with Crippen LogP contribution in [0.4, 0.5) is 5.69 Å². The highest BCUT2D eigenvalue weighted by Crippen LogP contribution is 2.52. The predicted octanol–water partition coefficient (Wildman–Crippen LogP) is 5.82. The molecule has 0 atom stereocenters. The Morgan fingerprint density at radius 3 is 2.17 bits per heavy atom. The summed E-state index contributed by atoms with van der Waals surface area (Å²) in [6, 6.07) is 7.98. The second-order valence-corrected chi connectivity index (χ2v) is 10.8. The van der Waals surface area contributed by atoms with E-state index in [9.17, 15) is 14.7 Å². The van der Waals surface area contributed by atoms with Gasteiger partial charge in [0.25, 0.3) is 5.91 Å². The number of anilines is 1. The number of hydrogen-bond acceptors (Lipinski definition) is 6. The molecule has 36 heavy (non-hydrogen) atoms. The molecule has 2 aliphatic carbocycles. The average molecular weight is 534 g/mol. The summed E-state index contributed by atoms with van der Waals surface area (Å²) >= 11 is 12.2. The van der Waals surface area contributed by atoms with E-state index in [4.69, 9.17) is 27.9 Å². The van der Waals surface area contributed by atoms with Crippen molar-refractivity contribution in [3.05, 3.63) is 52.0 Å². The summed E-state index contributed by atoms with van der Waals surface area (Å²) in [4.78, 5) is 34.0. The van der Waals surface area contributed by atoms with Crippen LogP contribution in [-0.2, 0) is 9.53 Å². The third-order valence-corrected chi connectivity index (χ3v) is 8.68. The van der Waals surface area contributed by atoms with Gasteiger partial charge >= 0.3 is 5.97 Å². The first-order chi connectivity index (χ1) is 17.4. The molecule has 1 heterocycles. The lowest BCUT2D eigenvalue weighted by Crippen LogP contribution is -2.34. The zero-order valence-corrected chi connectivity index (χ0v) is 22.1. The zero-order chi connectivity index (χ0) is 25.7. The third-order valence-electron chi connectivity index (χ3n) is 8.11. The van der Waals surface area contributed by atoms with Crippen LogP contribution in [-0.4, -0.2) is 47.2 Å². The van der Waals surface area contributed by atoms with Crippen LogP contribution in [0.2, 0.25) is 10.3 Å². The molecule has 2 aliphatic rings. The molecule has 2 saturated carbocycles. The van der Waals surface area contributed by atoms with Crippen LogP contribution in [0.1, 0.15) is 79.6 Å². The van der Waals surface area contributed by atoms with E-state index >= 15 is 0 Å². The highest BCUT2D eigenvalue weighted by atomic mass is 35.5. The molecule has 7 nitrogen and oxygen atoms in total. The number of benzene rings is 1. The Morgan fingerprint density at radius 1 is 1.03 bits per heavy atom. The van der Waals surface area contributed by atoms with Crippen molar-refractivity contribution in [2.75, 3.05) is 25.2 Å². The van der Waals surface area contributed by atoms with Gasteiger partial charge in [-0.05, 0) is 86.3 Å². The molecule has 194 valence electrons. The van der Waals surface area contributed by atoms with Gasteiger partial charge in [0, 0.05) is 18.7 Å². The number of amides is 1. The molecule has 0 saturated heterocycles. The van der Waals surface area contributed by atoms with E-state index in [1.807, 2.05) is 12.1 Å². The number of hydrogen-bond donors (Lipinski definition) is 1. The number of esters is 1. The normalized spacial score (nSPS) is 23.9. The first kappa shape index (κ1) is 26.8. The van der Waals surface area contributed by atoms with Gasteiger partial charge in [-0.1, -0.05) is 35.3 Å². The maximum absolute atomic E-state index is 13.2. The number of carbonyl (C=O) groups is 2. The summed E-state index contributed by atoms with van der Waals surface area (Å²) in [7, 11) is 1.46. The molecule has 0 radical (unpaired) electrons. The van der Waals surface area contributed by atoms with Crippen molar-refractivity contribution in [3.63, 3.8) is 0 Å². The standard InChI is InChI=1S/C27H33Cl2N3O4/c1-36-22(34)16-18-6-10-27(11-7-18)12-8-20(9-13-27)19-2-4-21(5-3-19)32(14-15-33)26(35)23-24(28)30-17-31-25(23)29/h2-5,17-18,20,33H,6-16H2,1H3. The highest BCUT2D eigenvalue weighted by Gasteiger charge is 2.39. The van der Waals surface area contributed by atoms with Gasteiger partial charge in [-0.25, -0.2) is 9.97 Å². The molecule has 1 spiro atoms. The lowest BCUT2D eigenvalue weighted by molar-refractivity contribution is -0.142. The van der Waals surface area contributed by atoms with Gasteiger partial charge in [-0.15, -0.1) is 0 Å². The van der Waals surface area contributed by atoms with Crippen molar-refractivity contribution in [3.8, 4) is 0 Å². The van der Waals surface area contributed by atoms with Gasteiger partial charge in [0.2, 0.25) is 0 Å². The lowest BCUT2D eigenvalue weighted by Gasteiger charge is -2.45. The van der Waals surface area contributed by atoms with Crippen LogP contribution < -0.4 is 4.90 Å². The molecule has 0 bridgehead atoms. The van der Waals surface area contributed by atoms with E-state index in [1.165, 1.54) is 49.6 Å². The summed E-state index contributed by atoms with van der Waals surface area (Å²) in [6.45, 7) is -0.107. The van der Waals surface area contributed by atoms with E-state index < -0.39 is 5.91 Å². The van der Waals surface area contributed by atoms with Gasteiger partial charge in [-0.2, -0.15) is 0 Å². The minimum atomic E-state index is -0.449. The Balaban J connectivity index is 1.38. The maximum Gasteiger partial charge on any atom is 0.305 e. The summed E-state index contributed by atoms with van der Waals surface area (Å²) in [5.74, 6) is 0.413. The first-order valence-electron chi connectivity index (χ1n) is 12.6. The van der Waals surface area contributed by atoms with Crippen LogP contribution in [0.25, 0.3) is 0 Å². The van der Waals surface area contributed by atoms with E-state index in [2.05, 4.69) is 22.1 Å². The molecule has 1 aromatic heterocycles. The van der Waals surface area contributed by atoms with Gasteiger partial charge in [-0.3, -0.25) is 9.59 Å². The average Bonchev–Trinajstić information content (AvgIpc) is 2.89. The second-order valence-electron chi connectivity index (χ2n) is 10.1. The Kier molecular flexibility index (Phi) is 8.86. The predicted molar refractivity (Wildman–Crippen MR) is 139 cm³/mol. The van der Waals surface area contributed by atoms with Gasteiger partial charge in [0.15, 0.2) is 0 Å².